The number of carbonyl (C=O) groups excluding carboxylic acids is 1. The van der Waals surface area contributed by atoms with E-state index < -0.39 is 11.7 Å². The van der Waals surface area contributed by atoms with Crippen LogP contribution in [0.4, 0.5) is 4.39 Å². The summed E-state index contributed by atoms with van der Waals surface area (Å²) in [6.07, 6.45) is 0. The van der Waals surface area contributed by atoms with Crippen LogP contribution in [0.25, 0.3) is 16.9 Å². The molecule has 21 heavy (non-hydrogen) atoms. The average molecular weight is 303 g/mol. The number of nitrogens with zero attached hydrogens (tertiary/aromatic N) is 3. The fourth-order valence-electron chi connectivity index (χ4n) is 1.95. The Morgan fingerprint density at radius 3 is 2.90 bits per heavy atom. The third-order valence-electron chi connectivity index (χ3n) is 3.01. The molecule has 0 spiro atoms. The number of hydrogen-bond acceptors (Lipinski definition) is 4. The van der Waals surface area contributed by atoms with E-state index in [4.69, 9.17) is 12.2 Å². The lowest BCUT2D eigenvalue weighted by Gasteiger charge is -2.05. The summed E-state index contributed by atoms with van der Waals surface area (Å²) in [7, 11) is 1.45. The van der Waals surface area contributed by atoms with Gasteiger partial charge in [-0.3, -0.25) is 4.79 Å². The molecule has 0 saturated heterocycles. The van der Waals surface area contributed by atoms with Crippen LogP contribution in [0.2, 0.25) is 0 Å². The van der Waals surface area contributed by atoms with Crippen molar-refractivity contribution in [2.45, 2.75) is 0 Å². The largest absolute Gasteiger partial charge is 0.355 e. The second-order valence-corrected chi connectivity index (χ2v) is 4.68. The molecule has 0 aliphatic heterocycles. The highest BCUT2D eigenvalue weighted by Gasteiger charge is 2.12. The molecule has 0 fully saturated rings. The summed E-state index contributed by atoms with van der Waals surface area (Å²) in [6.45, 7) is 0. The van der Waals surface area contributed by atoms with Gasteiger partial charge in [-0.25, -0.2) is 9.49 Å². The van der Waals surface area contributed by atoms with Crippen molar-refractivity contribution >= 4 is 23.8 Å². The molecular formula is C13H10FN5OS. The molecule has 2 N–H and O–H groups in total. The molecule has 1 aromatic carbocycles. The van der Waals surface area contributed by atoms with Crippen molar-refractivity contribution < 1.29 is 9.18 Å². The Balaban J connectivity index is 2.10. The average Bonchev–Trinajstić information content (AvgIpc) is 2.87. The molecule has 3 aromatic rings. The predicted octanol–water partition coefficient (Wildman–Crippen LogP) is 1.95. The summed E-state index contributed by atoms with van der Waals surface area (Å²) >= 11 is 5.05. The van der Waals surface area contributed by atoms with E-state index in [-0.39, 0.29) is 5.56 Å². The molecule has 0 unspecified atom stereocenters. The van der Waals surface area contributed by atoms with Gasteiger partial charge in [0, 0.05) is 12.6 Å². The summed E-state index contributed by atoms with van der Waals surface area (Å²) in [4.78, 5) is 11.5. The van der Waals surface area contributed by atoms with E-state index in [1.165, 1.54) is 23.7 Å². The molecule has 0 aliphatic rings. The number of nitrogens with one attached hydrogen (secondary N) is 2. The van der Waals surface area contributed by atoms with Gasteiger partial charge in [0.15, 0.2) is 5.65 Å². The molecule has 0 radical (unpaired) electrons. The lowest BCUT2D eigenvalue weighted by molar-refractivity contribution is 0.0959. The third-order valence-corrected chi connectivity index (χ3v) is 3.27. The van der Waals surface area contributed by atoms with E-state index in [0.29, 0.717) is 21.7 Å². The number of halogens is 1. The first-order valence-corrected chi connectivity index (χ1v) is 6.47. The maximum Gasteiger partial charge on any atom is 0.253 e. The third kappa shape index (κ3) is 2.29. The van der Waals surface area contributed by atoms with E-state index >= 15 is 0 Å². The van der Waals surface area contributed by atoms with Gasteiger partial charge >= 0.3 is 0 Å². The van der Waals surface area contributed by atoms with Crippen LogP contribution in [-0.2, 0) is 0 Å². The van der Waals surface area contributed by atoms with E-state index in [0.717, 1.165) is 0 Å². The zero-order valence-corrected chi connectivity index (χ0v) is 11.7. The first-order valence-electron chi connectivity index (χ1n) is 6.06. The Bertz CT molecular complexity index is 901. The molecule has 1 amide bonds. The Morgan fingerprint density at radius 2 is 2.19 bits per heavy atom. The molecule has 0 bridgehead atoms. The molecule has 0 saturated carbocycles. The minimum Gasteiger partial charge on any atom is -0.355 e. The first-order chi connectivity index (χ1) is 10.1. The fourth-order valence-corrected chi connectivity index (χ4v) is 2.13. The van der Waals surface area contributed by atoms with Crippen molar-refractivity contribution in [3.8, 4) is 11.3 Å². The number of aromatic nitrogens is 4. The zero-order valence-electron chi connectivity index (χ0n) is 10.9. The summed E-state index contributed by atoms with van der Waals surface area (Å²) in [6, 6.07) is 7.75. The Labute approximate surface area is 123 Å². The topological polar surface area (TPSA) is 75.1 Å². The van der Waals surface area contributed by atoms with Crippen LogP contribution < -0.4 is 5.32 Å². The van der Waals surface area contributed by atoms with Gasteiger partial charge in [0.05, 0.1) is 11.3 Å². The summed E-state index contributed by atoms with van der Waals surface area (Å²) < 4.78 is 15.8. The summed E-state index contributed by atoms with van der Waals surface area (Å²) in [5.74, 6) is -1.08. The summed E-state index contributed by atoms with van der Waals surface area (Å²) in [5, 5.41) is 13.3. The molecule has 2 heterocycles. The van der Waals surface area contributed by atoms with Crippen molar-refractivity contribution in [2.75, 3.05) is 7.05 Å². The van der Waals surface area contributed by atoms with E-state index in [1.807, 2.05) is 0 Å². The number of benzene rings is 1. The maximum atomic E-state index is 14.0. The van der Waals surface area contributed by atoms with Gasteiger partial charge < -0.3 is 5.32 Å². The van der Waals surface area contributed by atoms with Crippen LogP contribution in [0.1, 0.15) is 10.4 Å². The highest BCUT2D eigenvalue weighted by molar-refractivity contribution is 7.71. The van der Waals surface area contributed by atoms with Gasteiger partial charge in [-0.1, -0.05) is 6.07 Å². The van der Waals surface area contributed by atoms with Crippen molar-refractivity contribution in [3.63, 3.8) is 0 Å². The summed E-state index contributed by atoms with van der Waals surface area (Å²) in [5.41, 5.74) is 1.64. The monoisotopic (exact) mass is 303 g/mol. The fraction of sp³-hybridized carbons (Fsp3) is 0.0769. The number of amides is 1. The minimum absolute atomic E-state index is 0.0118. The molecule has 6 nitrogen and oxygen atoms in total. The van der Waals surface area contributed by atoms with Crippen LogP contribution in [0.5, 0.6) is 0 Å². The van der Waals surface area contributed by atoms with E-state index in [2.05, 4.69) is 20.6 Å². The van der Waals surface area contributed by atoms with Gasteiger partial charge in [-0.15, -0.1) is 0 Å². The van der Waals surface area contributed by atoms with Crippen molar-refractivity contribution in [3.05, 3.63) is 46.5 Å². The lowest BCUT2D eigenvalue weighted by atomic mass is 10.1. The number of aromatic amines is 1. The first kappa shape index (κ1) is 13.4. The SMILES string of the molecule is CNC(=O)c1ccc(-c2ccc3n[nH]c(=S)n3n2)cc1F. The maximum absolute atomic E-state index is 14.0. The quantitative estimate of drug-likeness (QED) is 0.710. The predicted molar refractivity (Wildman–Crippen MR) is 77.0 cm³/mol. The molecule has 106 valence electrons. The second-order valence-electron chi connectivity index (χ2n) is 4.29. The van der Waals surface area contributed by atoms with Crippen molar-refractivity contribution in [1.29, 1.82) is 0 Å². The standard InChI is InChI=1S/C13H10FN5OS/c1-15-12(20)8-3-2-7(6-9(8)14)10-4-5-11-16-17-13(21)19(11)18-10/h2-6H,1H3,(H,15,20)(H,17,21). The van der Waals surface area contributed by atoms with Crippen LogP contribution >= 0.6 is 12.2 Å². The Kier molecular flexibility index (Phi) is 3.22. The van der Waals surface area contributed by atoms with Crippen LogP contribution in [0, 0.1) is 10.6 Å². The number of H-pyrrole nitrogens is 1. The molecule has 8 heteroatoms. The smallest absolute Gasteiger partial charge is 0.253 e. The minimum atomic E-state index is -0.607. The highest BCUT2D eigenvalue weighted by atomic mass is 32.1. The molecule has 0 atom stereocenters. The second kappa shape index (κ2) is 5.06. The van der Waals surface area contributed by atoms with Crippen molar-refractivity contribution in [2.24, 2.45) is 0 Å². The van der Waals surface area contributed by atoms with Crippen LogP contribution in [-0.4, -0.2) is 32.8 Å². The van der Waals surface area contributed by atoms with Gasteiger partial charge in [-0.05, 0) is 36.5 Å². The van der Waals surface area contributed by atoms with Gasteiger partial charge in [0.1, 0.15) is 5.82 Å². The number of hydrogen-bond donors (Lipinski definition) is 2. The van der Waals surface area contributed by atoms with Crippen molar-refractivity contribution in [1.82, 2.24) is 25.1 Å². The number of rotatable bonds is 2. The Morgan fingerprint density at radius 1 is 1.38 bits per heavy atom. The molecular weight excluding hydrogens is 293 g/mol. The molecule has 3 rings (SSSR count). The van der Waals surface area contributed by atoms with E-state index in [1.54, 1.807) is 18.2 Å². The van der Waals surface area contributed by atoms with E-state index in [9.17, 15) is 9.18 Å². The number of carbonyl (C=O) groups is 1. The number of fused-ring (bicyclic) bond motifs is 1. The zero-order chi connectivity index (χ0) is 15.0. The van der Waals surface area contributed by atoms with Gasteiger partial charge in [0.25, 0.3) is 5.91 Å². The normalized spacial score (nSPS) is 10.8. The lowest BCUT2D eigenvalue weighted by Crippen LogP contribution is -2.19. The van der Waals surface area contributed by atoms with Crippen LogP contribution in [0.3, 0.4) is 0 Å². The Hall–Kier alpha value is -2.61. The van der Waals surface area contributed by atoms with Gasteiger partial charge in [-0.2, -0.15) is 14.7 Å². The molecule has 2 aromatic heterocycles. The van der Waals surface area contributed by atoms with Gasteiger partial charge in [0.2, 0.25) is 4.77 Å². The molecule has 0 aliphatic carbocycles. The van der Waals surface area contributed by atoms with Crippen LogP contribution in [0.15, 0.2) is 30.3 Å². The highest BCUT2D eigenvalue weighted by Crippen LogP contribution is 2.20.